The number of hydrogen-bond donors (Lipinski definition) is 1. The van der Waals surface area contributed by atoms with Crippen LogP contribution in [-0.4, -0.2) is 6.54 Å². The zero-order valence-electron chi connectivity index (χ0n) is 13.4. The highest BCUT2D eigenvalue weighted by atomic mass is 14.6. The molecule has 1 aromatic rings. The fourth-order valence-electron chi connectivity index (χ4n) is 3.78. The van der Waals surface area contributed by atoms with Crippen molar-refractivity contribution in [3.63, 3.8) is 0 Å². The average Bonchev–Trinajstić information content (AvgIpc) is 2.47. The summed E-state index contributed by atoms with van der Waals surface area (Å²) in [5.74, 6) is 3.03. The average molecular weight is 273 g/mol. The number of rotatable bonds is 5. The molecular formula is C19H31N. The summed E-state index contributed by atoms with van der Waals surface area (Å²) in [7, 11) is 0. The van der Waals surface area contributed by atoms with Crippen LogP contribution in [0.1, 0.15) is 63.5 Å². The van der Waals surface area contributed by atoms with Crippen LogP contribution >= 0.6 is 0 Å². The third kappa shape index (κ3) is 3.63. The van der Waals surface area contributed by atoms with Gasteiger partial charge in [-0.15, -0.1) is 0 Å². The van der Waals surface area contributed by atoms with Gasteiger partial charge in [0.05, 0.1) is 0 Å². The van der Waals surface area contributed by atoms with Gasteiger partial charge in [0.15, 0.2) is 0 Å². The molecule has 1 aromatic carbocycles. The van der Waals surface area contributed by atoms with Crippen molar-refractivity contribution < 1.29 is 0 Å². The molecule has 0 amide bonds. The van der Waals surface area contributed by atoms with Crippen molar-refractivity contribution in [1.29, 1.82) is 0 Å². The largest absolute Gasteiger partial charge is 0.330 e. The summed E-state index contributed by atoms with van der Waals surface area (Å²) < 4.78 is 0. The molecule has 3 atom stereocenters. The number of nitrogens with two attached hydrogens (primary N) is 1. The third-order valence-electron chi connectivity index (χ3n) is 5.23. The van der Waals surface area contributed by atoms with E-state index in [0.717, 1.165) is 18.4 Å². The van der Waals surface area contributed by atoms with E-state index in [9.17, 15) is 0 Å². The SMILES string of the molecule is CCCc1ccc(C2CC(C(C)C)CCC2CN)cc1. The monoisotopic (exact) mass is 273 g/mol. The zero-order valence-corrected chi connectivity index (χ0v) is 13.4. The first-order chi connectivity index (χ1) is 9.65. The summed E-state index contributed by atoms with van der Waals surface area (Å²) >= 11 is 0. The minimum atomic E-state index is 0.678. The molecule has 0 aromatic heterocycles. The Balaban J connectivity index is 2.13. The fraction of sp³-hybridized carbons (Fsp3) is 0.684. The van der Waals surface area contributed by atoms with Crippen LogP contribution in [0.5, 0.6) is 0 Å². The second-order valence-electron chi connectivity index (χ2n) is 6.91. The molecule has 1 saturated carbocycles. The molecule has 0 heterocycles. The Morgan fingerprint density at radius 2 is 1.85 bits per heavy atom. The van der Waals surface area contributed by atoms with Crippen molar-refractivity contribution in [1.82, 2.24) is 0 Å². The third-order valence-corrected chi connectivity index (χ3v) is 5.23. The first-order valence-electron chi connectivity index (χ1n) is 8.44. The van der Waals surface area contributed by atoms with E-state index in [2.05, 4.69) is 45.0 Å². The number of hydrogen-bond acceptors (Lipinski definition) is 1. The van der Waals surface area contributed by atoms with Crippen molar-refractivity contribution in [2.24, 2.45) is 23.5 Å². The maximum Gasteiger partial charge on any atom is -0.00430 e. The van der Waals surface area contributed by atoms with Gasteiger partial charge in [-0.1, -0.05) is 51.5 Å². The molecular weight excluding hydrogens is 242 g/mol. The molecule has 1 aliphatic carbocycles. The molecule has 0 spiro atoms. The molecule has 0 bridgehead atoms. The predicted octanol–water partition coefficient (Wildman–Crippen LogP) is 4.75. The van der Waals surface area contributed by atoms with Crippen LogP contribution < -0.4 is 5.73 Å². The quantitative estimate of drug-likeness (QED) is 0.823. The summed E-state index contributed by atoms with van der Waals surface area (Å²) in [4.78, 5) is 0. The molecule has 1 nitrogen and oxygen atoms in total. The second-order valence-corrected chi connectivity index (χ2v) is 6.91. The highest BCUT2D eigenvalue weighted by Gasteiger charge is 2.31. The standard InChI is InChI=1S/C19H31N/c1-4-5-15-6-8-16(9-7-15)19-12-17(14(2)3)10-11-18(19)13-20/h6-9,14,17-19H,4-5,10-13,20H2,1-3H3. The minimum Gasteiger partial charge on any atom is -0.330 e. The van der Waals surface area contributed by atoms with E-state index in [1.165, 1.54) is 43.2 Å². The van der Waals surface area contributed by atoms with Gasteiger partial charge in [0.2, 0.25) is 0 Å². The molecule has 3 unspecified atom stereocenters. The van der Waals surface area contributed by atoms with E-state index in [1.807, 2.05) is 0 Å². The molecule has 1 fully saturated rings. The van der Waals surface area contributed by atoms with Crippen molar-refractivity contribution >= 4 is 0 Å². The maximum absolute atomic E-state index is 6.03. The lowest BCUT2D eigenvalue weighted by Gasteiger charge is -2.38. The van der Waals surface area contributed by atoms with Crippen LogP contribution in [0.25, 0.3) is 0 Å². The molecule has 2 rings (SSSR count). The fourth-order valence-corrected chi connectivity index (χ4v) is 3.78. The summed E-state index contributed by atoms with van der Waals surface area (Å²) in [6.07, 6.45) is 6.42. The summed E-state index contributed by atoms with van der Waals surface area (Å²) in [6.45, 7) is 7.82. The predicted molar refractivity (Wildman–Crippen MR) is 87.9 cm³/mol. The normalized spacial score (nSPS) is 26.9. The molecule has 2 N–H and O–H groups in total. The molecule has 112 valence electrons. The Morgan fingerprint density at radius 1 is 1.15 bits per heavy atom. The first kappa shape index (κ1) is 15.6. The second kappa shape index (κ2) is 7.26. The number of aryl methyl sites for hydroxylation is 1. The Morgan fingerprint density at radius 3 is 2.40 bits per heavy atom. The van der Waals surface area contributed by atoms with E-state index in [-0.39, 0.29) is 0 Å². The van der Waals surface area contributed by atoms with Crippen LogP contribution in [0.4, 0.5) is 0 Å². The van der Waals surface area contributed by atoms with Gasteiger partial charge >= 0.3 is 0 Å². The Hall–Kier alpha value is -0.820. The lowest BCUT2D eigenvalue weighted by molar-refractivity contribution is 0.197. The summed E-state index contributed by atoms with van der Waals surface area (Å²) in [5.41, 5.74) is 9.02. The summed E-state index contributed by atoms with van der Waals surface area (Å²) in [5, 5.41) is 0. The molecule has 0 saturated heterocycles. The van der Waals surface area contributed by atoms with Crippen LogP contribution in [-0.2, 0) is 6.42 Å². The Kier molecular flexibility index (Phi) is 5.65. The number of benzene rings is 1. The lowest BCUT2D eigenvalue weighted by Crippen LogP contribution is -2.30. The van der Waals surface area contributed by atoms with E-state index in [1.54, 1.807) is 0 Å². The summed E-state index contributed by atoms with van der Waals surface area (Å²) in [6, 6.07) is 9.37. The van der Waals surface area contributed by atoms with Crippen molar-refractivity contribution in [3.05, 3.63) is 35.4 Å². The van der Waals surface area contributed by atoms with Gasteiger partial charge in [-0.2, -0.15) is 0 Å². The van der Waals surface area contributed by atoms with Crippen LogP contribution in [0, 0.1) is 17.8 Å². The van der Waals surface area contributed by atoms with Gasteiger partial charge in [0, 0.05) is 0 Å². The molecule has 20 heavy (non-hydrogen) atoms. The Bertz CT molecular complexity index is 393. The van der Waals surface area contributed by atoms with E-state index in [0.29, 0.717) is 11.8 Å². The molecule has 0 aliphatic heterocycles. The van der Waals surface area contributed by atoms with Gasteiger partial charge in [-0.25, -0.2) is 0 Å². The smallest absolute Gasteiger partial charge is 0.00430 e. The molecule has 0 radical (unpaired) electrons. The van der Waals surface area contributed by atoms with E-state index < -0.39 is 0 Å². The first-order valence-corrected chi connectivity index (χ1v) is 8.44. The van der Waals surface area contributed by atoms with E-state index in [4.69, 9.17) is 5.73 Å². The lowest BCUT2D eigenvalue weighted by atomic mass is 9.68. The minimum absolute atomic E-state index is 0.678. The van der Waals surface area contributed by atoms with Gasteiger partial charge in [0.25, 0.3) is 0 Å². The molecule has 1 aliphatic rings. The zero-order chi connectivity index (χ0) is 14.5. The van der Waals surface area contributed by atoms with E-state index >= 15 is 0 Å². The van der Waals surface area contributed by atoms with Gasteiger partial charge in [0.1, 0.15) is 0 Å². The highest BCUT2D eigenvalue weighted by molar-refractivity contribution is 5.26. The topological polar surface area (TPSA) is 26.0 Å². The van der Waals surface area contributed by atoms with Crippen molar-refractivity contribution in [3.8, 4) is 0 Å². The van der Waals surface area contributed by atoms with Gasteiger partial charge in [-0.05, 0) is 67.0 Å². The Labute approximate surface area is 125 Å². The van der Waals surface area contributed by atoms with Gasteiger partial charge < -0.3 is 5.73 Å². The van der Waals surface area contributed by atoms with Crippen LogP contribution in [0.15, 0.2) is 24.3 Å². The van der Waals surface area contributed by atoms with Crippen LogP contribution in [0.2, 0.25) is 0 Å². The van der Waals surface area contributed by atoms with Crippen LogP contribution in [0.3, 0.4) is 0 Å². The maximum atomic E-state index is 6.03. The highest BCUT2D eigenvalue weighted by Crippen LogP contribution is 2.42. The van der Waals surface area contributed by atoms with Crippen molar-refractivity contribution in [2.75, 3.05) is 6.54 Å². The molecule has 1 heteroatoms. The van der Waals surface area contributed by atoms with Gasteiger partial charge in [-0.3, -0.25) is 0 Å². The van der Waals surface area contributed by atoms with Crippen molar-refractivity contribution in [2.45, 2.75) is 58.8 Å².